The minimum atomic E-state index is -0.198. The van der Waals surface area contributed by atoms with Gasteiger partial charge in [0.25, 0.3) is 0 Å². The van der Waals surface area contributed by atoms with E-state index in [1.807, 2.05) is 78.5 Å². The first kappa shape index (κ1) is 20.6. The molecule has 3 aromatic rings. The molecule has 0 fully saturated rings. The minimum absolute atomic E-state index is 0.115. The Balaban J connectivity index is 1.49. The summed E-state index contributed by atoms with van der Waals surface area (Å²) in [5.74, 6) is 0.638. The number of aromatic nitrogens is 4. The number of imidazole rings is 1. The van der Waals surface area contributed by atoms with Crippen molar-refractivity contribution in [2.75, 3.05) is 14.1 Å². The number of hydrogen-bond acceptors (Lipinski definition) is 4. The van der Waals surface area contributed by atoms with Gasteiger partial charge in [-0.2, -0.15) is 0 Å². The highest BCUT2D eigenvalue weighted by Gasteiger charge is 2.20. The van der Waals surface area contributed by atoms with Crippen LogP contribution in [-0.4, -0.2) is 49.9 Å². The lowest BCUT2D eigenvalue weighted by Crippen LogP contribution is -2.26. The second kappa shape index (κ2) is 8.02. The summed E-state index contributed by atoms with van der Waals surface area (Å²) >= 11 is 0. The molecule has 3 heterocycles. The smallest absolute Gasteiger partial charge is 0.328 e. The van der Waals surface area contributed by atoms with Crippen LogP contribution in [0.15, 0.2) is 73.2 Å². The van der Waals surface area contributed by atoms with Crippen molar-refractivity contribution in [3.63, 3.8) is 0 Å². The molecule has 1 aromatic heterocycles. The van der Waals surface area contributed by atoms with Crippen LogP contribution in [0.5, 0.6) is 0 Å². The van der Waals surface area contributed by atoms with E-state index in [4.69, 9.17) is 0 Å². The van der Waals surface area contributed by atoms with Crippen LogP contribution >= 0.6 is 0 Å². The average molecular weight is 438 g/mol. The van der Waals surface area contributed by atoms with Gasteiger partial charge in [0, 0.05) is 55.7 Å². The minimum Gasteiger partial charge on any atom is -0.348 e. The molecule has 0 bridgehead atoms. The molecule has 0 atom stereocenters. The lowest BCUT2D eigenvalue weighted by Gasteiger charge is -2.11. The zero-order chi connectivity index (χ0) is 23.1. The molecule has 0 saturated carbocycles. The van der Waals surface area contributed by atoms with Crippen LogP contribution in [0.2, 0.25) is 0 Å². The third kappa shape index (κ3) is 3.78. The van der Waals surface area contributed by atoms with Gasteiger partial charge in [-0.25, -0.2) is 14.8 Å². The van der Waals surface area contributed by atoms with Crippen LogP contribution in [0.1, 0.15) is 27.3 Å². The quantitative estimate of drug-likeness (QED) is 0.389. The number of benzene rings is 2. The number of para-hydroxylation sites is 1. The number of nitrogens with zero attached hydrogens (tertiary/aromatic N) is 5. The SMILES string of the molecule is Cc1nc2ccn(Cc3cccc(C(=O)c4cn(C(=O)N(C)C)c5ccccc45)c3)cc-2n1. The topological polar surface area (TPSA) is 73.0 Å². The highest BCUT2D eigenvalue weighted by Crippen LogP contribution is 2.25. The van der Waals surface area contributed by atoms with Gasteiger partial charge in [-0.05, 0) is 30.7 Å². The van der Waals surface area contributed by atoms with Gasteiger partial charge in [0.1, 0.15) is 11.5 Å². The van der Waals surface area contributed by atoms with Crippen LogP contribution < -0.4 is 0 Å². The number of rotatable bonds is 4. The number of carbonyl (C=O) groups is 2. The first-order valence-corrected chi connectivity index (χ1v) is 10.7. The van der Waals surface area contributed by atoms with Crippen molar-refractivity contribution < 1.29 is 9.59 Å². The maximum absolute atomic E-state index is 13.5. The summed E-state index contributed by atoms with van der Waals surface area (Å²) in [6.07, 6.45) is 5.57. The van der Waals surface area contributed by atoms with Crippen molar-refractivity contribution in [1.82, 2.24) is 24.0 Å². The number of hydrogen-bond donors (Lipinski definition) is 0. The van der Waals surface area contributed by atoms with E-state index in [0.29, 0.717) is 23.2 Å². The van der Waals surface area contributed by atoms with E-state index >= 15 is 0 Å². The van der Waals surface area contributed by atoms with Crippen LogP contribution in [0.4, 0.5) is 4.79 Å². The summed E-state index contributed by atoms with van der Waals surface area (Å²) in [5.41, 5.74) is 4.52. The third-order valence-electron chi connectivity index (χ3n) is 5.64. The van der Waals surface area contributed by atoms with Crippen molar-refractivity contribution in [3.05, 3.63) is 95.7 Å². The number of ketones is 1. The molecule has 7 nitrogen and oxygen atoms in total. The molecule has 0 spiro atoms. The fraction of sp³-hybridized carbons (Fsp3) is 0.154. The summed E-state index contributed by atoms with van der Waals surface area (Å²) < 4.78 is 3.56. The fourth-order valence-electron chi connectivity index (χ4n) is 4.08. The molecular formula is C26H23N5O2. The summed E-state index contributed by atoms with van der Waals surface area (Å²) in [6, 6.07) is 16.8. The second-order valence-corrected chi connectivity index (χ2v) is 8.29. The Hall–Kier alpha value is -4.26. The molecule has 1 amide bonds. The molecule has 7 heteroatoms. The number of fused-ring (bicyclic) bond motifs is 2. The first-order valence-electron chi connectivity index (χ1n) is 10.7. The average Bonchev–Trinajstić information content (AvgIpc) is 3.37. The second-order valence-electron chi connectivity index (χ2n) is 8.29. The van der Waals surface area contributed by atoms with E-state index in [9.17, 15) is 9.59 Å². The number of amides is 1. The Labute approximate surface area is 191 Å². The highest BCUT2D eigenvalue weighted by atomic mass is 16.2. The molecular weight excluding hydrogens is 414 g/mol. The van der Waals surface area contributed by atoms with Gasteiger partial charge in [-0.3, -0.25) is 9.36 Å². The number of aryl methyl sites for hydroxylation is 1. The summed E-state index contributed by atoms with van der Waals surface area (Å²) in [6.45, 7) is 2.48. The van der Waals surface area contributed by atoms with Gasteiger partial charge in [0.15, 0.2) is 5.78 Å². The lowest BCUT2D eigenvalue weighted by molar-refractivity contribution is 0.104. The van der Waals surface area contributed by atoms with Gasteiger partial charge in [-0.15, -0.1) is 0 Å². The number of carbonyl (C=O) groups excluding carboxylic acids is 2. The molecule has 5 rings (SSSR count). The molecule has 0 radical (unpaired) electrons. The number of pyridine rings is 1. The fourth-order valence-corrected chi connectivity index (χ4v) is 4.08. The Morgan fingerprint density at radius 1 is 0.939 bits per heavy atom. The summed E-state index contributed by atoms with van der Waals surface area (Å²) in [4.78, 5) is 36.5. The van der Waals surface area contributed by atoms with Gasteiger partial charge < -0.3 is 9.47 Å². The van der Waals surface area contributed by atoms with Crippen LogP contribution in [0, 0.1) is 6.92 Å². The van der Waals surface area contributed by atoms with E-state index in [0.717, 1.165) is 28.2 Å². The molecule has 0 saturated heterocycles. The van der Waals surface area contributed by atoms with Crippen molar-refractivity contribution in [2.24, 2.45) is 0 Å². The molecule has 0 N–H and O–H groups in total. The Morgan fingerprint density at radius 3 is 2.55 bits per heavy atom. The molecule has 0 unspecified atom stereocenters. The zero-order valence-electron chi connectivity index (χ0n) is 18.7. The van der Waals surface area contributed by atoms with E-state index in [2.05, 4.69) is 9.97 Å². The van der Waals surface area contributed by atoms with Gasteiger partial charge in [0.05, 0.1) is 11.2 Å². The molecule has 33 heavy (non-hydrogen) atoms. The molecule has 0 aliphatic carbocycles. The Bertz CT molecular complexity index is 1480. The third-order valence-corrected chi connectivity index (χ3v) is 5.64. The largest absolute Gasteiger partial charge is 0.348 e. The standard InChI is InChI=1S/C26H23N5O2/c1-17-27-22-11-12-30(16-23(22)28-17)14-18-7-6-8-19(13-18)25(32)21-15-31(26(33)29(2)3)24-10-5-4-9-20(21)24/h4-13,15-16H,14H2,1-3H3. The van der Waals surface area contributed by atoms with Crippen LogP contribution in [-0.2, 0) is 6.54 Å². The van der Waals surface area contributed by atoms with Gasteiger partial charge in [0.2, 0.25) is 0 Å². The Kier molecular flexibility index (Phi) is 5.01. The van der Waals surface area contributed by atoms with Crippen LogP contribution in [0.25, 0.3) is 22.3 Å². The van der Waals surface area contributed by atoms with Crippen LogP contribution in [0.3, 0.4) is 0 Å². The summed E-state index contributed by atoms with van der Waals surface area (Å²) in [7, 11) is 3.39. The first-order chi connectivity index (χ1) is 15.9. The van der Waals surface area contributed by atoms with Crippen molar-refractivity contribution >= 4 is 22.7 Å². The van der Waals surface area contributed by atoms with Crippen molar-refractivity contribution in [2.45, 2.75) is 13.5 Å². The highest BCUT2D eigenvalue weighted by molar-refractivity contribution is 6.17. The van der Waals surface area contributed by atoms with E-state index in [-0.39, 0.29) is 11.8 Å². The van der Waals surface area contributed by atoms with E-state index < -0.39 is 0 Å². The van der Waals surface area contributed by atoms with E-state index in [1.165, 1.54) is 9.47 Å². The van der Waals surface area contributed by atoms with Crippen molar-refractivity contribution in [3.8, 4) is 11.4 Å². The molecule has 2 aromatic carbocycles. The Morgan fingerprint density at radius 2 is 1.73 bits per heavy atom. The monoisotopic (exact) mass is 437 g/mol. The maximum atomic E-state index is 13.5. The van der Waals surface area contributed by atoms with E-state index in [1.54, 1.807) is 20.3 Å². The lowest BCUT2D eigenvalue weighted by atomic mass is 10.0. The predicted octanol–water partition coefficient (Wildman–Crippen LogP) is 4.46. The van der Waals surface area contributed by atoms with Gasteiger partial charge >= 0.3 is 6.03 Å². The normalized spacial score (nSPS) is 11.2. The zero-order valence-corrected chi connectivity index (χ0v) is 18.7. The van der Waals surface area contributed by atoms with Gasteiger partial charge in [-0.1, -0.05) is 36.4 Å². The maximum Gasteiger partial charge on any atom is 0.328 e. The summed E-state index contributed by atoms with van der Waals surface area (Å²) in [5, 5.41) is 0.757. The predicted molar refractivity (Wildman–Crippen MR) is 127 cm³/mol. The molecule has 2 aliphatic rings. The van der Waals surface area contributed by atoms with Crippen molar-refractivity contribution in [1.29, 1.82) is 0 Å². The molecule has 164 valence electrons. The molecule has 2 aliphatic heterocycles.